The second kappa shape index (κ2) is 9.14. The first-order valence-corrected chi connectivity index (χ1v) is 10.7. The lowest BCUT2D eigenvalue weighted by Crippen LogP contribution is -2.11. The molecule has 3 heterocycles. The Hall–Kier alpha value is -4.54. The third-order valence-corrected chi connectivity index (χ3v) is 5.54. The molecule has 0 aliphatic heterocycles. The van der Waals surface area contributed by atoms with Crippen LogP contribution in [0.4, 0.5) is 0 Å². The van der Waals surface area contributed by atoms with Gasteiger partial charge < -0.3 is 4.74 Å². The summed E-state index contributed by atoms with van der Waals surface area (Å²) in [5.41, 5.74) is 3.70. The molecule has 0 radical (unpaired) electrons. The van der Waals surface area contributed by atoms with Gasteiger partial charge in [-0.3, -0.25) is 4.98 Å². The van der Waals surface area contributed by atoms with Crippen LogP contribution in [0.1, 0.15) is 21.5 Å². The van der Waals surface area contributed by atoms with Crippen molar-refractivity contribution in [1.82, 2.24) is 19.7 Å². The van der Waals surface area contributed by atoms with Crippen molar-refractivity contribution in [3.05, 3.63) is 107 Å². The standard InChI is InChI=1S/C26H16ClN5O2/c27-22-12-18(14-28)6-7-24(22)34-26(33)20-13-23(19-4-2-1-3-5-19)31-25-21(20)15-30-32(25)16-17-8-10-29-11-9-17/h1-13,15H,16H2. The van der Waals surface area contributed by atoms with Crippen molar-refractivity contribution < 1.29 is 9.53 Å². The van der Waals surface area contributed by atoms with Crippen LogP contribution in [0.15, 0.2) is 85.3 Å². The number of halogens is 1. The molecule has 0 aliphatic rings. The zero-order valence-corrected chi connectivity index (χ0v) is 18.5. The van der Waals surface area contributed by atoms with Crippen LogP contribution in [0, 0.1) is 11.3 Å². The van der Waals surface area contributed by atoms with Gasteiger partial charge in [-0.25, -0.2) is 14.5 Å². The van der Waals surface area contributed by atoms with E-state index in [-0.39, 0.29) is 10.8 Å². The van der Waals surface area contributed by atoms with E-state index < -0.39 is 5.97 Å². The van der Waals surface area contributed by atoms with Crippen molar-refractivity contribution in [1.29, 1.82) is 5.26 Å². The van der Waals surface area contributed by atoms with Gasteiger partial charge in [-0.15, -0.1) is 0 Å². The lowest BCUT2D eigenvalue weighted by atomic mass is 10.1. The molecule has 0 bridgehead atoms. The molecule has 5 rings (SSSR count). The third kappa shape index (κ3) is 4.22. The average Bonchev–Trinajstić information content (AvgIpc) is 3.28. The van der Waals surface area contributed by atoms with Gasteiger partial charge in [0.25, 0.3) is 0 Å². The number of hydrogen-bond acceptors (Lipinski definition) is 6. The van der Waals surface area contributed by atoms with E-state index in [1.807, 2.05) is 48.5 Å². The highest BCUT2D eigenvalue weighted by molar-refractivity contribution is 6.32. The minimum absolute atomic E-state index is 0.168. The highest BCUT2D eigenvalue weighted by Crippen LogP contribution is 2.29. The molecule has 0 saturated heterocycles. The SMILES string of the molecule is N#Cc1ccc(OC(=O)c2cc(-c3ccccc3)nc3c2cnn3Cc2ccncc2)c(Cl)c1. The lowest BCUT2D eigenvalue weighted by molar-refractivity contribution is 0.0737. The molecule has 5 aromatic rings. The number of esters is 1. The quantitative estimate of drug-likeness (QED) is 0.259. The van der Waals surface area contributed by atoms with E-state index in [1.165, 1.54) is 12.1 Å². The summed E-state index contributed by atoms with van der Waals surface area (Å²) in [7, 11) is 0. The summed E-state index contributed by atoms with van der Waals surface area (Å²) in [6.07, 6.45) is 5.04. The van der Waals surface area contributed by atoms with Crippen molar-refractivity contribution in [2.24, 2.45) is 0 Å². The van der Waals surface area contributed by atoms with Gasteiger partial charge in [0.15, 0.2) is 5.65 Å². The normalized spacial score (nSPS) is 10.7. The number of ether oxygens (including phenoxy) is 1. The first-order valence-electron chi connectivity index (χ1n) is 10.3. The molecule has 2 aromatic carbocycles. The summed E-state index contributed by atoms with van der Waals surface area (Å²) in [6, 6.07) is 21.6. The van der Waals surface area contributed by atoms with E-state index in [0.29, 0.717) is 34.4 Å². The number of rotatable bonds is 5. The fourth-order valence-electron chi connectivity index (χ4n) is 3.56. The van der Waals surface area contributed by atoms with Gasteiger partial charge in [-0.05, 0) is 42.0 Å². The molecule has 0 amide bonds. The Bertz CT molecular complexity index is 1540. The number of benzene rings is 2. The van der Waals surface area contributed by atoms with Crippen LogP contribution in [-0.2, 0) is 6.54 Å². The van der Waals surface area contributed by atoms with Crippen LogP contribution in [0.25, 0.3) is 22.3 Å². The maximum absolute atomic E-state index is 13.3. The smallest absolute Gasteiger partial charge is 0.344 e. The Labute approximate surface area is 199 Å². The third-order valence-electron chi connectivity index (χ3n) is 5.24. The molecule has 0 aliphatic carbocycles. The monoisotopic (exact) mass is 465 g/mol. The van der Waals surface area contributed by atoms with E-state index >= 15 is 0 Å². The Balaban J connectivity index is 1.60. The summed E-state index contributed by atoms with van der Waals surface area (Å²) in [4.78, 5) is 22.1. The van der Waals surface area contributed by atoms with Crippen LogP contribution in [0.5, 0.6) is 5.75 Å². The zero-order valence-electron chi connectivity index (χ0n) is 17.7. The molecule has 34 heavy (non-hydrogen) atoms. The minimum Gasteiger partial charge on any atom is -0.421 e. The number of aromatic nitrogens is 4. The molecule has 0 atom stereocenters. The number of hydrogen-bond donors (Lipinski definition) is 0. The summed E-state index contributed by atoms with van der Waals surface area (Å²) in [6.45, 7) is 0.465. The first-order chi connectivity index (χ1) is 16.6. The predicted octanol–water partition coefficient (Wildman–Crippen LogP) is 5.29. The highest BCUT2D eigenvalue weighted by Gasteiger charge is 2.20. The van der Waals surface area contributed by atoms with Gasteiger partial charge in [0.05, 0.1) is 46.0 Å². The van der Waals surface area contributed by atoms with Gasteiger partial charge >= 0.3 is 5.97 Å². The summed E-state index contributed by atoms with van der Waals surface area (Å²) in [5, 5.41) is 14.3. The molecule has 8 heteroatoms. The van der Waals surface area contributed by atoms with Gasteiger partial charge in [0, 0.05) is 18.0 Å². The minimum atomic E-state index is -0.598. The second-order valence-corrected chi connectivity index (χ2v) is 7.87. The maximum atomic E-state index is 13.3. The van der Waals surface area contributed by atoms with Gasteiger partial charge in [0.1, 0.15) is 5.75 Å². The number of pyridine rings is 2. The summed E-state index contributed by atoms with van der Waals surface area (Å²) >= 11 is 6.22. The van der Waals surface area contributed by atoms with Crippen LogP contribution in [0.2, 0.25) is 5.02 Å². The largest absolute Gasteiger partial charge is 0.421 e. The van der Waals surface area contributed by atoms with Crippen LogP contribution < -0.4 is 4.74 Å². The molecule has 0 fully saturated rings. The summed E-state index contributed by atoms with van der Waals surface area (Å²) < 4.78 is 7.34. The van der Waals surface area contributed by atoms with Crippen molar-refractivity contribution in [2.45, 2.75) is 6.54 Å². The fraction of sp³-hybridized carbons (Fsp3) is 0.0385. The molecule has 0 spiro atoms. The fourth-order valence-corrected chi connectivity index (χ4v) is 3.78. The zero-order chi connectivity index (χ0) is 23.5. The molecular formula is C26H16ClN5O2. The van der Waals surface area contributed by atoms with Crippen LogP contribution >= 0.6 is 11.6 Å². The number of nitrogens with zero attached hydrogens (tertiary/aromatic N) is 5. The van der Waals surface area contributed by atoms with Gasteiger partial charge in [0.2, 0.25) is 0 Å². The van der Waals surface area contributed by atoms with E-state index in [0.717, 1.165) is 11.1 Å². The van der Waals surface area contributed by atoms with Gasteiger partial charge in [-0.2, -0.15) is 10.4 Å². The van der Waals surface area contributed by atoms with E-state index in [1.54, 1.807) is 35.4 Å². The van der Waals surface area contributed by atoms with Crippen molar-refractivity contribution in [2.75, 3.05) is 0 Å². The number of carbonyl (C=O) groups excluding carboxylic acids is 1. The Morgan fingerprint density at radius 3 is 2.59 bits per heavy atom. The average molecular weight is 466 g/mol. The second-order valence-electron chi connectivity index (χ2n) is 7.46. The number of fused-ring (bicyclic) bond motifs is 1. The first kappa shape index (κ1) is 21.3. The van der Waals surface area contributed by atoms with Crippen LogP contribution in [-0.4, -0.2) is 25.7 Å². The van der Waals surface area contributed by atoms with Crippen molar-refractivity contribution in [3.63, 3.8) is 0 Å². The number of nitriles is 1. The lowest BCUT2D eigenvalue weighted by Gasteiger charge is -2.10. The molecule has 3 aromatic heterocycles. The van der Waals surface area contributed by atoms with Crippen molar-refractivity contribution >= 4 is 28.6 Å². The Kier molecular flexibility index (Phi) is 5.73. The predicted molar refractivity (Wildman–Crippen MR) is 127 cm³/mol. The van der Waals surface area contributed by atoms with Crippen molar-refractivity contribution in [3.8, 4) is 23.1 Å². The van der Waals surface area contributed by atoms with E-state index in [9.17, 15) is 4.79 Å². The Morgan fingerprint density at radius 2 is 1.85 bits per heavy atom. The summed E-state index contributed by atoms with van der Waals surface area (Å²) in [5.74, 6) is -0.430. The van der Waals surface area contributed by atoms with E-state index in [4.69, 9.17) is 26.6 Å². The maximum Gasteiger partial charge on any atom is 0.344 e. The Morgan fingerprint density at radius 1 is 1.06 bits per heavy atom. The topological polar surface area (TPSA) is 93.7 Å². The van der Waals surface area contributed by atoms with Crippen LogP contribution in [0.3, 0.4) is 0 Å². The molecule has 164 valence electrons. The highest BCUT2D eigenvalue weighted by atomic mass is 35.5. The molecule has 0 saturated carbocycles. The van der Waals surface area contributed by atoms with Gasteiger partial charge in [-0.1, -0.05) is 41.9 Å². The number of carbonyl (C=O) groups is 1. The molecule has 0 N–H and O–H groups in total. The molecular weight excluding hydrogens is 450 g/mol. The molecule has 7 nitrogen and oxygen atoms in total. The molecule has 0 unspecified atom stereocenters. The van der Waals surface area contributed by atoms with E-state index in [2.05, 4.69) is 10.1 Å².